The average molecular weight is 506 g/mol. The summed E-state index contributed by atoms with van der Waals surface area (Å²) in [7, 11) is -4.66. The maximum Gasteiger partial charge on any atom is 0.471 e. The second-order valence-corrected chi connectivity index (χ2v) is 8.82. The zero-order valence-corrected chi connectivity index (χ0v) is 19.0. The Balaban J connectivity index is 1.38. The third kappa shape index (κ3) is 6.59. The molecule has 1 aromatic carbocycles. The number of ether oxygens (including phenoxy) is 1. The summed E-state index contributed by atoms with van der Waals surface area (Å²) < 4.78 is 53.9. The molecule has 184 valence electrons. The van der Waals surface area contributed by atoms with E-state index in [1.54, 1.807) is 24.3 Å². The van der Waals surface area contributed by atoms with Crippen LogP contribution in [0.2, 0.25) is 0 Å². The molecule has 2 aromatic heterocycles. The fraction of sp³-hybridized carbons (Fsp3) is 0.182. The number of benzene rings is 1. The lowest BCUT2D eigenvalue weighted by Gasteiger charge is -2.30. The van der Waals surface area contributed by atoms with Gasteiger partial charge in [-0.05, 0) is 35.4 Å². The zero-order valence-electron chi connectivity index (χ0n) is 18.1. The summed E-state index contributed by atoms with van der Waals surface area (Å²) >= 11 is 0. The number of aromatic nitrogens is 2. The zero-order chi connectivity index (χ0) is 25.0. The standard InChI is InChI=1S/C22H21F2N4O6P/c23-16-4-1-3-14(7-16)12-32-22-19(24)9-15(11-26-22)8-17-10-20(34-27-17)18-5-2-6-28(21(18)25)13-33-35(29,30)31/h1-7,9-11,21H,8,12-13,25H2,(H2,29,30,31). The molecule has 10 nitrogen and oxygen atoms in total. The molecule has 4 rings (SSSR count). The van der Waals surface area contributed by atoms with Gasteiger partial charge in [0.25, 0.3) is 5.88 Å². The van der Waals surface area contributed by atoms with Crippen molar-refractivity contribution in [2.45, 2.75) is 19.2 Å². The molecule has 35 heavy (non-hydrogen) atoms. The van der Waals surface area contributed by atoms with Crippen molar-refractivity contribution in [3.05, 3.63) is 95.2 Å². The van der Waals surface area contributed by atoms with Gasteiger partial charge in [-0.15, -0.1) is 0 Å². The first-order chi connectivity index (χ1) is 16.7. The van der Waals surface area contributed by atoms with Gasteiger partial charge < -0.3 is 29.7 Å². The smallest absolute Gasteiger partial charge is 0.471 e. The largest absolute Gasteiger partial charge is 0.471 e. The highest BCUT2D eigenvalue weighted by molar-refractivity contribution is 7.46. The minimum atomic E-state index is -4.66. The first-order valence-electron chi connectivity index (χ1n) is 10.3. The number of rotatable bonds is 9. The first kappa shape index (κ1) is 24.7. The molecular formula is C22H21F2N4O6P. The van der Waals surface area contributed by atoms with Crippen LogP contribution in [0.5, 0.6) is 5.88 Å². The SMILES string of the molecule is NC1C(c2cc(Cc3cnc(OCc4cccc(F)c4)c(F)c3)no2)=CC=CN1COP(=O)(O)O. The van der Waals surface area contributed by atoms with Crippen molar-refractivity contribution in [1.82, 2.24) is 15.0 Å². The second kappa shape index (κ2) is 10.5. The molecule has 1 aliphatic rings. The Morgan fingerprint density at radius 2 is 2.03 bits per heavy atom. The van der Waals surface area contributed by atoms with E-state index in [2.05, 4.69) is 14.7 Å². The van der Waals surface area contributed by atoms with Crippen molar-refractivity contribution in [3.63, 3.8) is 0 Å². The monoisotopic (exact) mass is 506 g/mol. The molecule has 0 fully saturated rings. The minimum absolute atomic E-state index is 0.0340. The highest BCUT2D eigenvalue weighted by atomic mass is 31.2. The maximum atomic E-state index is 14.5. The van der Waals surface area contributed by atoms with Crippen LogP contribution < -0.4 is 10.5 Å². The lowest BCUT2D eigenvalue weighted by molar-refractivity contribution is 0.110. The molecule has 1 unspecified atom stereocenters. The van der Waals surface area contributed by atoms with Crippen LogP contribution in [-0.2, 0) is 22.1 Å². The number of hydrogen-bond acceptors (Lipinski definition) is 8. The van der Waals surface area contributed by atoms with Gasteiger partial charge in [-0.3, -0.25) is 4.52 Å². The quantitative estimate of drug-likeness (QED) is 0.370. The molecule has 1 atom stereocenters. The van der Waals surface area contributed by atoms with Crippen LogP contribution in [0.3, 0.4) is 0 Å². The Morgan fingerprint density at radius 3 is 2.77 bits per heavy atom. The van der Waals surface area contributed by atoms with Crippen molar-refractivity contribution < 1.29 is 36.9 Å². The van der Waals surface area contributed by atoms with E-state index in [0.29, 0.717) is 28.2 Å². The summed E-state index contributed by atoms with van der Waals surface area (Å²) in [6, 6.07) is 8.68. The van der Waals surface area contributed by atoms with Gasteiger partial charge in [0.2, 0.25) is 0 Å². The van der Waals surface area contributed by atoms with Crippen molar-refractivity contribution in [2.75, 3.05) is 6.73 Å². The van der Waals surface area contributed by atoms with Crippen LogP contribution in [0.4, 0.5) is 8.78 Å². The van der Waals surface area contributed by atoms with Crippen LogP contribution in [0, 0.1) is 11.6 Å². The number of halogens is 2. The molecule has 0 saturated heterocycles. The summed E-state index contributed by atoms with van der Waals surface area (Å²) in [6.45, 7) is -0.466. The third-order valence-electron chi connectivity index (χ3n) is 4.96. The molecule has 0 amide bonds. The second-order valence-electron chi connectivity index (χ2n) is 7.58. The lowest BCUT2D eigenvalue weighted by Crippen LogP contribution is -2.41. The highest BCUT2D eigenvalue weighted by Crippen LogP contribution is 2.36. The molecule has 4 N–H and O–H groups in total. The predicted molar refractivity (Wildman–Crippen MR) is 119 cm³/mol. The summed E-state index contributed by atoms with van der Waals surface area (Å²) in [4.78, 5) is 23.2. The van der Waals surface area contributed by atoms with Gasteiger partial charge in [-0.2, -0.15) is 0 Å². The third-order valence-corrected chi connectivity index (χ3v) is 5.41. The number of allylic oxidation sites excluding steroid dienone is 2. The number of hydrogen-bond donors (Lipinski definition) is 3. The van der Waals surface area contributed by atoms with E-state index >= 15 is 0 Å². The molecule has 3 heterocycles. The van der Waals surface area contributed by atoms with Gasteiger partial charge in [0, 0.05) is 30.5 Å². The van der Waals surface area contributed by atoms with E-state index in [1.165, 1.54) is 41.6 Å². The molecule has 0 bridgehead atoms. The van der Waals surface area contributed by atoms with Crippen LogP contribution in [-0.4, -0.2) is 37.7 Å². The van der Waals surface area contributed by atoms with E-state index in [9.17, 15) is 13.3 Å². The van der Waals surface area contributed by atoms with Gasteiger partial charge in [0.05, 0.1) is 5.69 Å². The maximum absolute atomic E-state index is 14.5. The topological polar surface area (TPSA) is 144 Å². The Hall–Kier alpha value is -3.41. The minimum Gasteiger partial charge on any atom is -0.471 e. The summed E-state index contributed by atoms with van der Waals surface area (Å²) in [6.07, 6.45) is 5.66. The Bertz CT molecular complexity index is 1310. The normalized spacial score (nSPS) is 15.9. The molecule has 13 heteroatoms. The van der Waals surface area contributed by atoms with Gasteiger partial charge in [0.1, 0.15) is 25.3 Å². The van der Waals surface area contributed by atoms with Gasteiger partial charge >= 0.3 is 7.82 Å². The average Bonchev–Trinajstić information content (AvgIpc) is 3.25. The molecule has 0 spiro atoms. The molecular weight excluding hydrogens is 485 g/mol. The molecule has 3 aromatic rings. The van der Waals surface area contributed by atoms with Gasteiger partial charge in [-0.25, -0.2) is 18.3 Å². The first-order valence-corrected chi connectivity index (χ1v) is 11.8. The fourth-order valence-corrected chi connectivity index (χ4v) is 3.59. The van der Waals surface area contributed by atoms with Gasteiger partial charge in [0.15, 0.2) is 11.6 Å². The number of nitrogens with two attached hydrogens (primary N) is 1. The lowest BCUT2D eigenvalue weighted by atomic mass is 10.1. The molecule has 0 radical (unpaired) electrons. The van der Waals surface area contributed by atoms with Crippen molar-refractivity contribution >= 4 is 13.4 Å². The van der Waals surface area contributed by atoms with Crippen LogP contribution in [0.25, 0.3) is 5.57 Å². The Kier molecular flexibility index (Phi) is 7.39. The Morgan fingerprint density at radius 1 is 1.20 bits per heavy atom. The molecule has 1 aliphatic heterocycles. The molecule has 0 aliphatic carbocycles. The van der Waals surface area contributed by atoms with Crippen molar-refractivity contribution in [2.24, 2.45) is 5.73 Å². The van der Waals surface area contributed by atoms with E-state index in [1.807, 2.05) is 0 Å². The number of phosphoric ester groups is 1. The fourth-order valence-electron chi connectivity index (χ4n) is 3.31. The van der Waals surface area contributed by atoms with E-state index < -0.39 is 32.4 Å². The summed E-state index contributed by atoms with van der Waals surface area (Å²) in [5.74, 6) is -0.960. The van der Waals surface area contributed by atoms with Crippen molar-refractivity contribution in [1.29, 1.82) is 0 Å². The predicted octanol–water partition coefficient (Wildman–Crippen LogP) is 3.08. The van der Waals surface area contributed by atoms with Crippen LogP contribution in [0.1, 0.15) is 22.6 Å². The van der Waals surface area contributed by atoms with E-state index in [4.69, 9.17) is 24.8 Å². The number of pyridine rings is 1. The van der Waals surface area contributed by atoms with Crippen LogP contribution in [0.15, 0.2) is 65.5 Å². The molecule has 0 saturated carbocycles. The van der Waals surface area contributed by atoms with E-state index in [0.717, 1.165) is 0 Å². The number of nitrogens with zero attached hydrogens (tertiary/aromatic N) is 3. The highest BCUT2D eigenvalue weighted by Gasteiger charge is 2.25. The van der Waals surface area contributed by atoms with Crippen LogP contribution >= 0.6 is 7.82 Å². The van der Waals surface area contributed by atoms with Crippen molar-refractivity contribution in [3.8, 4) is 5.88 Å². The van der Waals surface area contributed by atoms with Gasteiger partial charge in [-0.1, -0.05) is 23.4 Å². The Labute approximate surface area is 198 Å². The van der Waals surface area contributed by atoms with E-state index in [-0.39, 0.29) is 18.9 Å². The summed E-state index contributed by atoms with van der Waals surface area (Å²) in [5.41, 5.74) is 8.20. The summed E-state index contributed by atoms with van der Waals surface area (Å²) in [5, 5.41) is 3.98. The number of phosphoric acid groups is 1.